The number of aromatic nitrogens is 1. The van der Waals surface area contributed by atoms with Gasteiger partial charge in [0.25, 0.3) is 5.91 Å². The highest BCUT2D eigenvalue weighted by molar-refractivity contribution is 5.94. The Morgan fingerprint density at radius 2 is 2.05 bits per heavy atom. The summed E-state index contributed by atoms with van der Waals surface area (Å²) in [5, 5.41) is 12.3. The average molecular weight is 272 g/mol. The first-order chi connectivity index (χ1) is 9.70. The molecule has 4 nitrogen and oxygen atoms in total. The van der Waals surface area contributed by atoms with E-state index in [4.69, 9.17) is 0 Å². The van der Waals surface area contributed by atoms with Crippen LogP contribution < -0.4 is 5.32 Å². The van der Waals surface area contributed by atoms with Gasteiger partial charge >= 0.3 is 0 Å². The van der Waals surface area contributed by atoms with Crippen LogP contribution in [0.1, 0.15) is 30.1 Å². The monoisotopic (exact) mass is 272 g/mol. The SMILES string of the molecule is CCC(O)CCNC(=O)c1cccc(-n2cccc2)c1. The highest BCUT2D eigenvalue weighted by Crippen LogP contribution is 2.11. The number of carbonyl (C=O) groups is 1. The first-order valence-electron chi connectivity index (χ1n) is 6.90. The fourth-order valence-corrected chi connectivity index (χ4v) is 1.97. The fraction of sp³-hybridized carbons (Fsp3) is 0.312. The molecule has 4 heteroatoms. The number of aliphatic hydroxyl groups is 1. The summed E-state index contributed by atoms with van der Waals surface area (Å²) >= 11 is 0. The van der Waals surface area contributed by atoms with Crippen LogP contribution in [-0.2, 0) is 0 Å². The van der Waals surface area contributed by atoms with Crippen molar-refractivity contribution < 1.29 is 9.90 Å². The van der Waals surface area contributed by atoms with E-state index in [9.17, 15) is 9.90 Å². The third-order valence-electron chi connectivity index (χ3n) is 3.25. The van der Waals surface area contributed by atoms with E-state index < -0.39 is 0 Å². The van der Waals surface area contributed by atoms with Crippen molar-refractivity contribution in [1.29, 1.82) is 0 Å². The molecule has 106 valence electrons. The van der Waals surface area contributed by atoms with Crippen LogP contribution in [0.2, 0.25) is 0 Å². The Bertz CT molecular complexity index is 549. The summed E-state index contributed by atoms with van der Waals surface area (Å²) in [7, 11) is 0. The van der Waals surface area contributed by atoms with Gasteiger partial charge in [0.2, 0.25) is 0 Å². The molecule has 0 aliphatic rings. The zero-order chi connectivity index (χ0) is 14.4. The second kappa shape index (κ2) is 6.91. The van der Waals surface area contributed by atoms with Gasteiger partial charge in [-0.05, 0) is 43.2 Å². The zero-order valence-corrected chi connectivity index (χ0v) is 11.6. The van der Waals surface area contributed by atoms with E-state index in [1.165, 1.54) is 0 Å². The molecular formula is C16H20N2O2. The van der Waals surface area contributed by atoms with Crippen LogP contribution in [0.3, 0.4) is 0 Å². The molecule has 1 unspecified atom stereocenters. The normalized spacial score (nSPS) is 12.1. The Morgan fingerprint density at radius 1 is 1.30 bits per heavy atom. The number of benzene rings is 1. The molecule has 20 heavy (non-hydrogen) atoms. The van der Waals surface area contributed by atoms with Crippen LogP contribution in [-0.4, -0.2) is 28.2 Å². The molecule has 1 heterocycles. The van der Waals surface area contributed by atoms with E-state index >= 15 is 0 Å². The molecule has 2 rings (SSSR count). The van der Waals surface area contributed by atoms with Crippen molar-refractivity contribution in [3.63, 3.8) is 0 Å². The van der Waals surface area contributed by atoms with Crippen LogP contribution in [0.4, 0.5) is 0 Å². The second-order valence-corrected chi connectivity index (χ2v) is 4.75. The highest BCUT2D eigenvalue weighted by Gasteiger charge is 2.07. The van der Waals surface area contributed by atoms with E-state index in [0.717, 1.165) is 5.69 Å². The summed E-state index contributed by atoms with van der Waals surface area (Å²) < 4.78 is 1.96. The van der Waals surface area contributed by atoms with Gasteiger partial charge in [-0.25, -0.2) is 0 Å². The maximum atomic E-state index is 12.0. The van der Waals surface area contributed by atoms with E-state index in [0.29, 0.717) is 24.9 Å². The van der Waals surface area contributed by atoms with Crippen LogP contribution in [0, 0.1) is 0 Å². The number of nitrogens with zero attached hydrogens (tertiary/aromatic N) is 1. The smallest absolute Gasteiger partial charge is 0.251 e. The van der Waals surface area contributed by atoms with Gasteiger partial charge in [0.15, 0.2) is 0 Å². The largest absolute Gasteiger partial charge is 0.393 e. The molecular weight excluding hydrogens is 252 g/mol. The maximum Gasteiger partial charge on any atom is 0.251 e. The lowest BCUT2D eigenvalue weighted by Gasteiger charge is -2.10. The van der Waals surface area contributed by atoms with Gasteiger partial charge in [-0.3, -0.25) is 4.79 Å². The van der Waals surface area contributed by atoms with Gasteiger partial charge in [0.1, 0.15) is 0 Å². The van der Waals surface area contributed by atoms with Gasteiger partial charge in [-0.2, -0.15) is 0 Å². The molecule has 2 aromatic rings. The lowest BCUT2D eigenvalue weighted by atomic mass is 10.1. The Kier molecular flexibility index (Phi) is 4.96. The van der Waals surface area contributed by atoms with Crippen molar-refractivity contribution in [2.45, 2.75) is 25.9 Å². The van der Waals surface area contributed by atoms with Gasteiger partial charge in [-0.15, -0.1) is 0 Å². The van der Waals surface area contributed by atoms with Crippen molar-refractivity contribution in [2.75, 3.05) is 6.54 Å². The highest BCUT2D eigenvalue weighted by atomic mass is 16.3. The van der Waals surface area contributed by atoms with E-state index in [1.54, 1.807) is 6.07 Å². The number of rotatable bonds is 6. The molecule has 1 atom stereocenters. The minimum atomic E-state index is -0.346. The Hall–Kier alpha value is -2.07. The summed E-state index contributed by atoms with van der Waals surface area (Å²) in [5.41, 5.74) is 1.58. The van der Waals surface area contributed by atoms with Gasteiger partial charge in [0, 0.05) is 30.2 Å². The van der Waals surface area contributed by atoms with Gasteiger partial charge < -0.3 is 15.0 Å². The minimum absolute atomic E-state index is 0.109. The minimum Gasteiger partial charge on any atom is -0.393 e. The van der Waals surface area contributed by atoms with Crippen LogP contribution in [0.15, 0.2) is 48.8 Å². The maximum absolute atomic E-state index is 12.0. The Labute approximate surface area is 119 Å². The van der Waals surface area contributed by atoms with Crippen molar-refractivity contribution in [3.8, 4) is 5.69 Å². The Balaban J connectivity index is 1.98. The molecule has 0 spiro atoms. The zero-order valence-electron chi connectivity index (χ0n) is 11.6. The number of carbonyl (C=O) groups excluding carboxylic acids is 1. The van der Waals surface area contributed by atoms with Gasteiger partial charge in [-0.1, -0.05) is 13.0 Å². The summed E-state index contributed by atoms with van der Waals surface area (Å²) in [4.78, 5) is 12.0. The lowest BCUT2D eigenvalue weighted by Crippen LogP contribution is -2.27. The number of amides is 1. The first kappa shape index (κ1) is 14.3. The second-order valence-electron chi connectivity index (χ2n) is 4.75. The van der Waals surface area contributed by atoms with Crippen LogP contribution in [0.5, 0.6) is 0 Å². The van der Waals surface area contributed by atoms with Crippen LogP contribution >= 0.6 is 0 Å². The quantitative estimate of drug-likeness (QED) is 0.848. The average Bonchev–Trinajstić information content (AvgIpc) is 3.01. The van der Waals surface area contributed by atoms with Crippen molar-refractivity contribution in [3.05, 3.63) is 54.4 Å². The lowest BCUT2D eigenvalue weighted by molar-refractivity contribution is 0.0942. The van der Waals surface area contributed by atoms with Crippen molar-refractivity contribution in [1.82, 2.24) is 9.88 Å². The summed E-state index contributed by atoms with van der Waals surface area (Å²) in [5.74, 6) is -0.109. The third-order valence-corrected chi connectivity index (χ3v) is 3.25. The van der Waals surface area contributed by atoms with E-state index in [-0.39, 0.29) is 12.0 Å². The summed E-state index contributed by atoms with van der Waals surface area (Å²) in [6.45, 7) is 2.41. The molecule has 0 saturated heterocycles. The fourth-order valence-electron chi connectivity index (χ4n) is 1.97. The molecule has 1 aromatic heterocycles. The van der Waals surface area contributed by atoms with Crippen molar-refractivity contribution in [2.24, 2.45) is 0 Å². The predicted octanol–water partition coefficient (Wildman–Crippen LogP) is 2.37. The number of nitrogens with one attached hydrogen (secondary N) is 1. The number of aliphatic hydroxyl groups excluding tert-OH is 1. The molecule has 2 N–H and O–H groups in total. The molecule has 0 aliphatic carbocycles. The number of hydrogen-bond acceptors (Lipinski definition) is 2. The summed E-state index contributed by atoms with van der Waals surface area (Å²) in [6.07, 6.45) is 4.82. The molecule has 0 saturated carbocycles. The summed E-state index contributed by atoms with van der Waals surface area (Å²) in [6, 6.07) is 11.4. The Morgan fingerprint density at radius 3 is 2.75 bits per heavy atom. The van der Waals surface area contributed by atoms with Gasteiger partial charge in [0.05, 0.1) is 6.10 Å². The number of hydrogen-bond donors (Lipinski definition) is 2. The molecule has 0 fully saturated rings. The standard InChI is InChI=1S/C16H20N2O2/c1-2-15(19)8-9-17-16(20)13-6-5-7-14(12-13)18-10-3-4-11-18/h3-7,10-12,15,19H,2,8-9H2,1H3,(H,17,20). The topological polar surface area (TPSA) is 54.3 Å². The first-order valence-corrected chi connectivity index (χ1v) is 6.90. The van der Waals surface area contributed by atoms with E-state index in [2.05, 4.69) is 5.32 Å². The molecule has 0 aliphatic heterocycles. The van der Waals surface area contributed by atoms with E-state index in [1.807, 2.05) is 54.2 Å². The molecule has 1 aromatic carbocycles. The predicted molar refractivity (Wildman–Crippen MR) is 79.0 cm³/mol. The molecule has 0 bridgehead atoms. The van der Waals surface area contributed by atoms with Crippen molar-refractivity contribution >= 4 is 5.91 Å². The molecule has 1 amide bonds. The van der Waals surface area contributed by atoms with Crippen LogP contribution in [0.25, 0.3) is 5.69 Å². The third kappa shape index (κ3) is 3.71. The molecule has 0 radical (unpaired) electrons.